The lowest BCUT2D eigenvalue weighted by atomic mass is 10.3. The van der Waals surface area contributed by atoms with Gasteiger partial charge in [-0.25, -0.2) is 9.59 Å². The van der Waals surface area contributed by atoms with E-state index in [9.17, 15) is 14.4 Å². The van der Waals surface area contributed by atoms with Crippen LogP contribution in [-0.4, -0.2) is 53.3 Å². The number of hydrogen-bond acceptors (Lipinski definition) is 5. The van der Waals surface area contributed by atoms with Crippen LogP contribution in [0.5, 0.6) is 0 Å². The molecule has 0 saturated carbocycles. The molecule has 8 heteroatoms. The smallest absolute Gasteiger partial charge is 0.407 e. The molecule has 0 aromatic carbocycles. The van der Waals surface area contributed by atoms with Gasteiger partial charge in [-0.2, -0.15) is 11.8 Å². The van der Waals surface area contributed by atoms with Gasteiger partial charge < -0.3 is 20.5 Å². The molecule has 1 fully saturated rings. The van der Waals surface area contributed by atoms with Crippen molar-refractivity contribution in [3.05, 3.63) is 0 Å². The van der Waals surface area contributed by atoms with E-state index in [4.69, 9.17) is 9.84 Å². The third kappa shape index (κ3) is 4.94. The number of carbonyl (C=O) groups is 3. The van der Waals surface area contributed by atoms with Crippen molar-refractivity contribution in [1.82, 2.24) is 10.6 Å². The number of ether oxygens (including phenoxy) is 1. The minimum absolute atomic E-state index is 0.237. The first kappa shape index (κ1) is 13.6. The molecule has 0 bridgehead atoms. The Kier molecular flexibility index (Phi) is 5.08. The molecular formula is C9H14N2O5S. The minimum atomic E-state index is -1.07. The highest BCUT2D eigenvalue weighted by Gasteiger charge is 2.24. The van der Waals surface area contributed by atoms with Gasteiger partial charge in [-0.3, -0.25) is 4.79 Å². The van der Waals surface area contributed by atoms with E-state index < -0.39 is 18.1 Å². The number of carboxylic acid groups (broad SMARTS) is 1. The fourth-order valence-electron chi connectivity index (χ4n) is 1.26. The molecule has 2 amide bonds. The summed E-state index contributed by atoms with van der Waals surface area (Å²) in [7, 11) is 0. The number of carboxylic acids is 1. The predicted molar refractivity (Wildman–Crippen MR) is 60.8 cm³/mol. The highest BCUT2D eigenvalue weighted by Crippen LogP contribution is 2.10. The third-order valence-electron chi connectivity index (χ3n) is 2.01. The van der Waals surface area contributed by atoms with Gasteiger partial charge in [0.1, 0.15) is 12.1 Å². The van der Waals surface area contributed by atoms with Gasteiger partial charge in [-0.15, -0.1) is 0 Å². The van der Waals surface area contributed by atoms with Gasteiger partial charge in [-0.05, 0) is 0 Å². The van der Waals surface area contributed by atoms with E-state index in [0.717, 1.165) is 0 Å². The first-order chi connectivity index (χ1) is 7.99. The lowest BCUT2D eigenvalue weighted by Crippen LogP contribution is -2.41. The molecule has 1 aliphatic rings. The van der Waals surface area contributed by atoms with E-state index in [1.807, 2.05) is 0 Å². The number of nitrogens with one attached hydrogen (secondary N) is 2. The van der Waals surface area contributed by atoms with Crippen molar-refractivity contribution in [2.75, 3.05) is 18.1 Å². The van der Waals surface area contributed by atoms with Crippen LogP contribution in [-0.2, 0) is 14.3 Å². The fourth-order valence-corrected chi connectivity index (χ4v) is 2.31. The SMILES string of the molecule is CC(=O)N[C@@H](CSCC1CNC(=O)O1)C(=O)O. The zero-order valence-corrected chi connectivity index (χ0v) is 10.1. The van der Waals surface area contributed by atoms with Crippen molar-refractivity contribution in [2.24, 2.45) is 0 Å². The van der Waals surface area contributed by atoms with Crippen molar-refractivity contribution >= 4 is 29.7 Å². The molecular weight excluding hydrogens is 248 g/mol. The Bertz CT molecular complexity index is 323. The van der Waals surface area contributed by atoms with Gasteiger partial charge in [0.05, 0.1) is 6.54 Å². The van der Waals surface area contributed by atoms with Crippen molar-refractivity contribution < 1.29 is 24.2 Å². The van der Waals surface area contributed by atoms with Gasteiger partial charge in [0, 0.05) is 18.4 Å². The van der Waals surface area contributed by atoms with Crippen LogP contribution in [0.25, 0.3) is 0 Å². The molecule has 1 unspecified atom stereocenters. The van der Waals surface area contributed by atoms with E-state index in [1.54, 1.807) is 0 Å². The number of alkyl carbamates (subject to hydrolysis) is 1. The maximum absolute atomic E-state index is 10.8. The van der Waals surface area contributed by atoms with E-state index in [1.165, 1.54) is 18.7 Å². The highest BCUT2D eigenvalue weighted by atomic mass is 32.2. The molecule has 1 aliphatic heterocycles. The molecule has 2 atom stereocenters. The number of cyclic esters (lactones) is 1. The third-order valence-corrected chi connectivity index (χ3v) is 3.19. The van der Waals surface area contributed by atoms with E-state index >= 15 is 0 Å². The quantitative estimate of drug-likeness (QED) is 0.591. The molecule has 17 heavy (non-hydrogen) atoms. The Labute approximate surface area is 102 Å². The first-order valence-corrected chi connectivity index (χ1v) is 6.16. The molecule has 3 N–H and O–H groups in total. The molecule has 0 spiro atoms. The van der Waals surface area contributed by atoms with Crippen molar-refractivity contribution in [3.8, 4) is 0 Å². The second-order valence-electron chi connectivity index (χ2n) is 3.54. The molecule has 7 nitrogen and oxygen atoms in total. The Morgan fingerprint density at radius 3 is 2.88 bits per heavy atom. The average molecular weight is 262 g/mol. The van der Waals surface area contributed by atoms with Crippen LogP contribution in [0.1, 0.15) is 6.92 Å². The minimum Gasteiger partial charge on any atom is -0.480 e. The lowest BCUT2D eigenvalue weighted by molar-refractivity contribution is -0.140. The van der Waals surface area contributed by atoms with Crippen LogP contribution in [0.4, 0.5) is 4.79 Å². The molecule has 1 rings (SSSR count). The zero-order chi connectivity index (χ0) is 12.8. The van der Waals surface area contributed by atoms with Crippen LogP contribution in [0.2, 0.25) is 0 Å². The largest absolute Gasteiger partial charge is 0.480 e. The summed E-state index contributed by atoms with van der Waals surface area (Å²) in [6.45, 7) is 1.70. The normalized spacial score (nSPS) is 20.3. The Morgan fingerprint density at radius 1 is 1.71 bits per heavy atom. The summed E-state index contributed by atoms with van der Waals surface area (Å²) in [6, 6.07) is -0.914. The monoisotopic (exact) mass is 262 g/mol. The molecule has 1 heterocycles. The molecule has 0 aromatic heterocycles. The van der Waals surface area contributed by atoms with Gasteiger partial charge >= 0.3 is 12.1 Å². The standard InChI is InChI=1S/C9H14N2O5S/c1-5(12)11-7(8(13)14)4-17-3-6-2-10-9(15)16-6/h6-7H,2-4H2,1H3,(H,10,15)(H,11,12)(H,13,14)/t6?,7-/m0/s1. The van der Waals surface area contributed by atoms with Crippen LogP contribution < -0.4 is 10.6 Å². The molecule has 0 radical (unpaired) electrons. The van der Waals surface area contributed by atoms with Crippen LogP contribution in [0, 0.1) is 0 Å². The Hall–Kier alpha value is -1.44. The van der Waals surface area contributed by atoms with Gasteiger partial charge in [0.15, 0.2) is 0 Å². The van der Waals surface area contributed by atoms with E-state index in [2.05, 4.69) is 10.6 Å². The maximum Gasteiger partial charge on any atom is 0.407 e. The fraction of sp³-hybridized carbons (Fsp3) is 0.667. The number of amides is 2. The average Bonchev–Trinajstić information content (AvgIpc) is 2.62. The summed E-state index contributed by atoms with van der Waals surface area (Å²) in [6.07, 6.45) is -0.688. The van der Waals surface area contributed by atoms with Gasteiger partial charge in [-0.1, -0.05) is 0 Å². The summed E-state index contributed by atoms with van der Waals surface area (Å²) in [5, 5.41) is 13.7. The predicted octanol–water partition coefficient (Wildman–Crippen LogP) is -0.583. The molecule has 0 aliphatic carbocycles. The number of hydrogen-bond donors (Lipinski definition) is 3. The van der Waals surface area contributed by atoms with Crippen LogP contribution in [0.15, 0.2) is 0 Å². The van der Waals surface area contributed by atoms with E-state index in [-0.39, 0.29) is 17.8 Å². The first-order valence-electron chi connectivity index (χ1n) is 5.01. The summed E-state index contributed by atoms with van der Waals surface area (Å²) < 4.78 is 4.88. The summed E-state index contributed by atoms with van der Waals surface area (Å²) >= 11 is 1.32. The van der Waals surface area contributed by atoms with Gasteiger partial charge in [0.25, 0.3) is 0 Å². The van der Waals surface area contributed by atoms with Crippen molar-refractivity contribution in [1.29, 1.82) is 0 Å². The second-order valence-corrected chi connectivity index (χ2v) is 4.61. The number of carbonyl (C=O) groups excluding carboxylic acids is 2. The zero-order valence-electron chi connectivity index (χ0n) is 9.26. The maximum atomic E-state index is 10.8. The van der Waals surface area contributed by atoms with Crippen LogP contribution in [0.3, 0.4) is 0 Å². The molecule has 1 saturated heterocycles. The Morgan fingerprint density at radius 2 is 2.41 bits per heavy atom. The van der Waals surface area contributed by atoms with Crippen molar-refractivity contribution in [3.63, 3.8) is 0 Å². The molecule has 0 aromatic rings. The van der Waals surface area contributed by atoms with E-state index in [0.29, 0.717) is 12.3 Å². The number of rotatable bonds is 6. The number of aliphatic carboxylic acids is 1. The second kappa shape index (κ2) is 6.33. The van der Waals surface area contributed by atoms with Gasteiger partial charge in [0.2, 0.25) is 5.91 Å². The van der Waals surface area contributed by atoms with Crippen LogP contribution >= 0.6 is 11.8 Å². The molecule has 96 valence electrons. The van der Waals surface area contributed by atoms with Crippen molar-refractivity contribution in [2.45, 2.75) is 19.1 Å². The summed E-state index contributed by atoms with van der Waals surface area (Å²) in [4.78, 5) is 32.3. The lowest BCUT2D eigenvalue weighted by Gasteiger charge is -2.13. The summed E-state index contributed by atoms with van der Waals surface area (Å²) in [5.74, 6) is -0.716. The number of thioether (sulfide) groups is 1. The highest BCUT2D eigenvalue weighted by molar-refractivity contribution is 7.99. The Balaban J connectivity index is 2.25. The summed E-state index contributed by atoms with van der Waals surface area (Å²) in [5.41, 5.74) is 0. The topological polar surface area (TPSA) is 105 Å².